The fraction of sp³-hybridized carbons (Fsp3) is 0.286. The SMILES string of the molecule is CCOc1ccccc1C(=O)Nc1cnn(CC)c1. The standard InChI is InChI=1S/C14H17N3O2/c1-3-17-10-11(9-15-17)16-14(18)12-7-5-6-8-13(12)19-4-2/h5-10H,3-4H2,1-2H3,(H,16,18). The number of carbonyl (C=O) groups excluding carboxylic acids is 1. The maximum Gasteiger partial charge on any atom is 0.259 e. The summed E-state index contributed by atoms with van der Waals surface area (Å²) in [5.74, 6) is 0.394. The molecule has 0 bridgehead atoms. The summed E-state index contributed by atoms with van der Waals surface area (Å²) in [7, 11) is 0. The molecule has 0 saturated carbocycles. The fourth-order valence-electron chi connectivity index (χ4n) is 1.74. The number of amides is 1. The molecular weight excluding hydrogens is 242 g/mol. The summed E-state index contributed by atoms with van der Waals surface area (Å²) in [6.45, 7) is 5.17. The molecule has 5 heteroatoms. The Hall–Kier alpha value is -2.30. The molecule has 0 aliphatic heterocycles. The Kier molecular flexibility index (Phi) is 4.18. The molecule has 0 atom stereocenters. The van der Waals surface area contributed by atoms with Crippen LogP contribution < -0.4 is 10.1 Å². The number of ether oxygens (including phenoxy) is 1. The van der Waals surface area contributed by atoms with E-state index >= 15 is 0 Å². The van der Waals surface area contributed by atoms with Crippen LogP contribution in [0, 0.1) is 0 Å². The molecule has 0 spiro atoms. The number of rotatable bonds is 5. The van der Waals surface area contributed by atoms with Gasteiger partial charge in [0.05, 0.1) is 24.1 Å². The lowest BCUT2D eigenvalue weighted by Crippen LogP contribution is -2.13. The zero-order valence-corrected chi connectivity index (χ0v) is 11.1. The zero-order valence-electron chi connectivity index (χ0n) is 11.1. The molecule has 0 radical (unpaired) electrons. The number of para-hydroxylation sites is 1. The van der Waals surface area contributed by atoms with Gasteiger partial charge < -0.3 is 10.1 Å². The Morgan fingerprint density at radius 2 is 2.16 bits per heavy atom. The summed E-state index contributed by atoms with van der Waals surface area (Å²) in [5, 5.41) is 6.92. The van der Waals surface area contributed by atoms with Gasteiger partial charge in [0.1, 0.15) is 5.75 Å². The van der Waals surface area contributed by atoms with Gasteiger partial charge in [0, 0.05) is 12.7 Å². The number of benzene rings is 1. The third-order valence-electron chi connectivity index (χ3n) is 2.65. The van der Waals surface area contributed by atoms with Gasteiger partial charge in [-0.05, 0) is 26.0 Å². The van der Waals surface area contributed by atoms with Crippen LogP contribution in [0.15, 0.2) is 36.7 Å². The van der Waals surface area contributed by atoms with E-state index in [0.29, 0.717) is 23.6 Å². The van der Waals surface area contributed by atoms with Crippen LogP contribution in [-0.4, -0.2) is 22.3 Å². The summed E-state index contributed by atoms with van der Waals surface area (Å²) in [6.07, 6.45) is 3.42. The van der Waals surface area contributed by atoms with Crippen LogP contribution in [0.25, 0.3) is 0 Å². The molecule has 2 aromatic rings. The number of nitrogens with one attached hydrogen (secondary N) is 1. The largest absolute Gasteiger partial charge is 0.493 e. The van der Waals surface area contributed by atoms with E-state index < -0.39 is 0 Å². The second-order valence-corrected chi connectivity index (χ2v) is 3.97. The highest BCUT2D eigenvalue weighted by molar-refractivity contribution is 6.06. The predicted octanol–water partition coefficient (Wildman–Crippen LogP) is 2.55. The Morgan fingerprint density at radius 3 is 2.84 bits per heavy atom. The van der Waals surface area contributed by atoms with E-state index in [4.69, 9.17) is 4.74 Å². The number of aryl methyl sites for hydroxylation is 1. The van der Waals surface area contributed by atoms with E-state index in [9.17, 15) is 4.79 Å². The highest BCUT2D eigenvalue weighted by atomic mass is 16.5. The van der Waals surface area contributed by atoms with Gasteiger partial charge in [0.15, 0.2) is 0 Å². The number of hydrogen-bond acceptors (Lipinski definition) is 3. The molecule has 0 aliphatic rings. The van der Waals surface area contributed by atoms with Crippen LogP contribution in [0.4, 0.5) is 5.69 Å². The van der Waals surface area contributed by atoms with Crippen LogP contribution in [0.1, 0.15) is 24.2 Å². The highest BCUT2D eigenvalue weighted by Crippen LogP contribution is 2.19. The minimum Gasteiger partial charge on any atom is -0.493 e. The van der Waals surface area contributed by atoms with Crippen LogP contribution >= 0.6 is 0 Å². The van der Waals surface area contributed by atoms with Crippen molar-refractivity contribution in [3.05, 3.63) is 42.2 Å². The zero-order chi connectivity index (χ0) is 13.7. The van der Waals surface area contributed by atoms with Crippen LogP contribution in [-0.2, 0) is 6.54 Å². The molecule has 1 N–H and O–H groups in total. The summed E-state index contributed by atoms with van der Waals surface area (Å²) < 4.78 is 7.19. The molecule has 1 heterocycles. The number of anilines is 1. The lowest BCUT2D eigenvalue weighted by atomic mass is 10.2. The first-order valence-electron chi connectivity index (χ1n) is 6.30. The maximum atomic E-state index is 12.2. The third kappa shape index (κ3) is 3.13. The van der Waals surface area contributed by atoms with Crippen molar-refractivity contribution in [2.45, 2.75) is 20.4 Å². The van der Waals surface area contributed by atoms with Gasteiger partial charge in [-0.15, -0.1) is 0 Å². The molecule has 1 aromatic carbocycles. The third-order valence-corrected chi connectivity index (χ3v) is 2.65. The quantitative estimate of drug-likeness (QED) is 0.897. The molecule has 5 nitrogen and oxygen atoms in total. The average molecular weight is 259 g/mol. The lowest BCUT2D eigenvalue weighted by molar-refractivity contribution is 0.102. The summed E-state index contributed by atoms with van der Waals surface area (Å²) in [4.78, 5) is 12.2. The number of aromatic nitrogens is 2. The molecule has 100 valence electrons. The van der Waals surface area contributed by atoms with Gasteiger partial charge >= 0.3 is 0 Å². The Balaban J connectivity index is 2.15. The minimum atomic E-state index is -0.195. The van der Waals surface area contributed by atoms with Crippen molar-refractivity contribution in [2.75, 3.05) is 11.9 Å². The average Bonchev–Trinajstić information content (AvgIpc) is 2.87. The van der Waals surface area contributed by atoms with Crippen molar-refractivity contribution in [3.8, 4) is 5.75 Å². The molecule has 0 aliphatic carbocycles. The van der Waals surface area contributed by atoms with E-state index in [1.54, 1.807) is 29.2 Å². The molecule has 1 aromatic heterocycles. The summed E-state index contributed by atoms with van der Waals surface area (Å²) in [5.41, 5.74) is 1.20. The van der Waals surface area contributed by atoms with Crippen molar-refractivity contribution in [2.24, 2.45) is 0 Å². The Morgan fingerprint density at radius 1 is 1.37 bits per heavy atom. The van der Waals surface area contributed by atoms with Gasteiger partial charge in [-0.2, -0.15) is 5.10 Å². The number of nitrogens with zero attached hydrogens (tertiary/aromatic N) is 2. The highest BCUT2D eigenvalue weighted by Gasteiger charge is 2.12. The topological polar surface area (TPSA) is 56.1 Å². The van der Waals surface area contributed by atoms with Gasteiger partial charge in [-0.3, -0.25) is 9.48 Å². The monoisotopic (exact) mass is 259 g/mol. The second kappa shape index (κ2) is 6.04. The van der Waals surface area contributed by atoms with Crippen molar-refractivity contribution in [1.29, 1.82) is 0 Å². The number of carbonyl (C=O) groups is 1. The van der Waals surface area contributed by atoms with E-state index in [1.165, 1.54) is 0 Å². The molecular formula is C14H17N3O2. The lowest BCUT2D eigenvalue weighted by Gasteiger charge is -2.09. The van der Waals surface area contributed by atoms with Gasteiger partial charge in [-0.25, -0.2) is 0 Å². The molecule has 19 heavy (non-hydrogen) atoms. The predicted molar refractivity (Wildman–Crippen MR) is 73.5 cm³/mol. The van der Waals surface area contributed by atoms with Gasteiger partial charge in [-0.1, -0.05) is 12.1 Å². The first kappa shape index (κ1) is 13.1. The van der Waals surface area contributed by atoms with Crippen LogP contribution in [0.3, 0.4) is 0 Å². The molecule has 0 fully saturated rings. The van der Waals surface area contributed by atoms with Gasteiger partial charge in [0.25, 0.3) is 5.91 Å². The fourth-order valence-corrected chi connectivity index (χ4v) is 1.74. The first-order chi connectivity index (χ1) is 9.24. The molecule has 2 rings (SSSR count). The Labute approximate surface area is 112 Å². The first-order valence-corrected chi connectivity index (χ1v) is 6.30. The van der Waals surface area contributed by atoms with Crippen molar-refractivity contribution in [1.82, 2.24) is 9.78 Å². The van der Waals surface area contributed by atoms with Crippen molar-refractivity contribution in [3.63, 3.8) is 0 Å². The molecule has 1 amide bonds. The summed E-state index contributed by atoms with van der Waals surface area (Å²) in [6, 6.07) is 7.18. The minimum absolute atomic E-state index is 0.195. The normalized spacial score (nSPS) is 10.2. The Bertz CT molecular complexity index is 563. The van der Waals surface area contributed by atoms with E-state index in [0.717, 1.165) is 6.54 Å². The van der Waals surface area contributed by atoms with E-state index in [2.05, 4.69) is 10.4 Å². The smallest absolute Gasteiger partial charge is 0.259 e. The second-order valence-electron chi connectivity index (χ2n) is 3.97. The number of hydrogen-bond donors (Lipinski definition) is 1. The van der Waals surface area contributed by atoms with Crippen molar-refractivity contribution >= 4 is 11.6 Å². The van der Waals surface area contributed by atoms with Gasteiger partial charge in [0.2, 0.25) is 0 Å². The molecule has 0 saturated heterocycles. The van der Waals surface area contributed by atoms with E-state index in [1.807, 2.05) is 26.0 Å². The van der Waals surface area contributed by atoms with Crippen molar-refractivity contribution < 1.29 is 9.53 Å². The van der Waals surface area contributed by atoms with Crippen LogP contribution in [0.2, 0.25) is 0 Å². The van der Waals surface area contributed by atoms with E-state index in [-0.39, 0.29) is 5.91 Å². The maximum absolute atomic E-state index is 12.2. The molecule has 0 unspecified atom stereocenters. The van der Waals surface area contributed by atoms with Crippen LogP contribution in [0.5, 0.6) is 5.75 Å². The summed E-state index contributed by atoms with van der Waals surface area (Å²) >= 11 is 0.